The zero-order valence-electron chi connectivity index (χ0n) is 17.1. The van der Waals surface area contributed by atoms with Gasteiger partial charge in [0, 0.05) is 36.1 Å². The molecule has 146 valence electrons. The third-order valence-corrected chi connectivity index (χ3v) is 5.63. The molecular weight excluding hydrogens is 372 g/mol. The van der Waals surface area contributed by atoms with Gasteiger partial charge in [0.25, 0.3) is 0 Å². The van der Waals surface area contributed by atoms with E-state index in [9.17, 15) is 0 Å². The van der Waals surface area contributed by atoms with Crippen LogP contribution in [-0.2, 0) is 11.8 Å². The normalized spacial score (nSPS) is 14.8. The number of ether oxygens (including phenoxy) is 1. The number of hydrogen-bond acceptors (Lipinski definition) is 5. The van der Waals surface area contributed by atoms with E-state index in [1.165, 1.54) is 5.56 Å². The van der Waals surface area contributed by atoms with Crippen LogP contribution in [0.4, 0.5) is 0 Å². The molecule has 1 aromatic carbocycles. The lowest BCUT2D eigenvalue weighted by Crippen LogP contribution is -2.59. The number of para-hydroxylation sites is 1. The molecule has 30 heavy (non-hydrogen) atoms. The number of methoxy groups -OCH3 is 1. The molecule has 1 saturated heterocycles. The fourth-order valence-corrected chi connectivity index (χ4v) is 3.82. The Kier molecular flexibility index (Phi) is 5.40. The Bertz CT molecular complexity index is 1100. The molecule has 2 aromatic heterocycles. The van der Waals surface area contributed by atoms with Gasteiger partial charge in [0.1, 0.15) is 17.5 Å². The Morgan fingerprint density at radius 2 is 2.00 bits per heavy atom. The summed E-state index contributed by atoms with van der Waals surface area (Å²) in [5, 5.41) is 12.4. The number of aromatic nitrogens is 3. The summed E-state index contributed by atoms with van der Waals surface area (Å²) in [6.45, 7) is 3.39. The second-order valence-electron chi connectivity index (χ2n) is 7.46. The predicted molar refractivity (Wildman–Crippen MR) is 116 cm³/mol. The fraction of sp³-hybridized carbons (Fsp3) is 0.318. The maximum Gasteiger partial charge on any atom is 0.140 e. The maximum atomic E-state index is 9.07. The molecule has 0 atom stereocenters. The molecule has 4 radical (unpaired) electrons. The van der Waals surface area contributed by atoms with Crippen molar-refractivity contribution < 1.29 is 4.74 Å². The summed E-state index contributed by atoms with van der Waals surface area (Å²) >= 11 is 0. The summed E-state index contributed by atoms with van der Waals surface area (Å²) in [7, 11) is 14.4. The van der Waals surface area contributed by atoms with Gasteiger partial charge in [-0.25, -0.2) is 4.98 Å². The second kappa shape index (κ2) is 8.00. The Balaban J connectivity index is 1.50. The van der Waals surface area contributed by atoms with Crippen LogP contribution in [0.2, 0.25) is 0 Å². The van der Waals surface area contributed by atoms with Gasteiger partial charge < -0.3 is 9.64 Å². The molecule has 0 bridgehead atoms. The van der Waals surface area contributed by atoms with Gasteiger partial charge in [0.05, 0.1) is 35.0 Å². The summed E-state index contributed by atoms with van der Waals surface area (Å²) in [6.07, 6.45) is 4.79. The Morgan fingerprint density at radius 1 is 1.23 bits per heavy atom. The van der Waals surface area contributed by atoms with Crippen LogP contribution in [0, 0.1) is 11.3 Å². The van der Waals surface area contributed by atoms with E-state index in [1.807, 2.05) is 40.2 Å². The van der Waals surface area contributed by atoms with Crippen molar-refractivity contribution in [3.8, 4) is 22.9 Å². The summed E-state index contributed by atoms with van der Waals surface area (Å²) < 4.78 is 7.60. The lowest BCUT2D eigenvalue weighted by atomic mass is 9.57. The largest absolute Gasteiger partial charge is 0.496 e. The van der Waals surface area contributed by atoms with E-state index in [2.05, 4.69) is 23.1 Å². The van der Waals surface area contributed by atoms with Crippen molar-refractivity contribution in [3.05, 3.63) is 65.7 Å². The highest BCUT2D eigenvalue weighted by Gasteiger charge is 2.39. The molecule has 1 aliphatic heterocycles. The van der Waals surface area contributed by atoms with E-state index < -0.39 is 5.34 Å². The average molecular weight is 393 g/mol. The molecule has 1 aliphatic rings. The molecule has 0 amide bonds. The number of benzene rings is 1. The van der Waals surface area contributed by atoms with Crippen LogP contribution in [0.25, 0.3) is 11.1 Å². The van der Waals surface area contributed by atoms with Gasteiger partial charge in [-0.3, -0.25) is 4.68 Å². The van der Waals surface area contributed by atoms with Gasteiger partial charge in [-0.05, 0) is 29.5 Å². The van der Waals surface area contributed by atoms with Crippen LogP contribution < -0.4 is 4.74 Å². The average Bonchev–Trinajstić information content (AvgIpc) is 3.21. The third kappa shape index (κ3) is 3.50. The van der Waals surface area contributed by atoms with Crippen molar-refractivity contribution in [3.63, 3.8) is 0 Å². The molecule has 4 rings (SSSR count). The first-order valence-electron chi connectivity index (χ1n) is 9.88. The van der Waals surface area contributed by atoms with E-state index in [0.29, 0.717) is 24.5 Å². The minimum atomic E-state index is -1.24. The Hall–Kier alpha value is -3.04. The zero-order valence-corrected chi connectivity index (χ0v) is 17.1. The molecule has 0 N–H and O–H groups in total. The van der Waals surface area contributed by atoms with Gasteiger partial charge in [0.15, 0.2) is 0 Å². The zero-order chi connectivity index (χ0) is 21.3. The molecule has 1 fully saturated rings. The number of likely N-dealkylation sites (tertiary alicyclic amines) is 1. The van der Waals surface area contributed by atoms with Crippen LogP contribution in [0.15, 0.2) is 48.8 Å². The maximum absolute atomic E-state index is 9.07. The number of nitrogens with zero attached hydrogens (tertiary/aromatic N) is 5. The minimum absolute atomic E-state index is 0.157. The van der Waals surface area contributed by atoms with Gasteiger partial charge in [-0.2, -0.15) is 10.4 Å². The first-order valence-corrected chi connectivity index (χ1v) is 9.88. The summed E-state index contributed by atoms with van der Waals surface area (Å²) in [5.74, 6) is 0.890. The van der Waals surface area contributed by atoms with Gasteiger partial charge in [-0.1, -0.05) is 31.2 Å². The summed E-state index contributed by atoms with van der Waals surface area (Å²) in [5.41, 5.74) is 3.98. The highest BCUT2D eigenvalue weighted by atomic mass is 16.5. The van der Waals surface area contributed by atoms with Crippen molar-refractivity contribution >= 4 is 15.7 Å². The summed E-state index contributed by atoms with van der Waals surface area (Å²) in [6, 6.07) is 13.5. The van der Waals surface area contributed by atoms with Crippen molar-refractivity contribution in [2.24, 2.45) is 0 Å². The van der Waals surface area contributed by atoms with Gasteiger partial charge in [0.2, 0.25) is 0 Å². The van der Waals surface area contributed by atoms with E-state index in [4.69, 9.17) is 25.7 Å². The number of hydrogen-bond donors (Lipinski definition) is 0. The predicted octanol–water partition coefficient (Wildman–Crippen LogP) is 2.39. The third-order valence-electron chi connectivity index (χ3n) is 5.63. The monoisotopic (exact) mass is 393 g/mol. The molecule has 8 heteroatoms. The van der Waals surface area contributed by atoms with E-state index in [-0.39, 0.29) is 6.04 Å². The number of aryl methyl sites for hydroxylation is 1. The second-order valence-corrected chi connectivity index (χ2v) is 7.46. The van der Waals surface area contributed by atoms with Crippen molar-refractivity contribution in [1.29, 1.82) is 5.26 Å². The first-order chi connectivity index (χ1) is 14.5. The minimum Gasteiger partial charge on any atom is -0.496 e. The van der Waals surface area contributed by atoms with Crippen molar-refractivity contribution in [1.82, 2.24) is 19.7 Å². The van der Waals surface area contributed by atoms with Crippen LogP contribution in [0.1, 0.15) is 29.9 Å². The highest BCUT2D eigenvalue weighted by Crippen LogP contribution is 2.35. The smallest absolute Gasteiger partial charge is 0.140 e. The van der Waals surface area contributed by atoms with E-state index >= 15 is 0 Å². The SMILES string of the molecule is [B]C([B])(c1cccc(C#N)n1)N1CC(n2cc(-c3cccc(CC)c3OC)cn2)C1. The molecule has 3 aromatic rings. The molecule has 3 heterocycles. The molecule has 0 saturated carbocycles. The van der Waals surface area contributed by atoms with Crippen LogP contribution in [-0.4, -0.2) is 55.6 Å². The molecule has 0 aliphatic carbocycles. The van der Waals surface area contributed by atoms with E-state index in [1.54, 1.807) is 25.3 Å². The molecule has 0 spiro atoms. The standard InChI is InChI=1S/C22H21B2N5O/c1-3-15-6-4-8-19(21(15)30-2)16-11-26-29(12-16)18-13-28(14-18)22(23,24)20-9-5-7-17(10-25)27-20/h4-9,11-12,18H,3,13-14H2,1-2H3. The Labute approximate surface area is 179 Å². The number of rotatable bonds is 6. The van der Waals surface area contributed by atoms with Crippen molar-refractivity contribution in [2.75, 3.05) is 20.2 Å². The quantitative estimate of drug-likeness (QED) is 0.602. The summed E-state index contributed by atoms with van der Waals surface area (Å²) in [4.78, 5) is 6.19. The van der Waals surface area contributed by atoms with Crippen LogP contribution in [0.5, 0.6) is 5.75 Å². The first kappa shape index (κ1) is 20.2. The topological polar surface area (TPSA) is 67.0 Å². The molecule has 0 unspecified atom stereocenters. The Morgan fingerprint density at radius 3 is 2.70 bits per heavy atom. The van der Waals surface area contributed by atoms with Gasteiger partial charge >= 0.3 is 0 Å². The van der Waals surface area contributed by atoms with Crippen LogP contribution in [0.3, 0.4) is 0 Å². The van der Waals surface area contributed by atoms with Gasteiger partial charge in [-0.15, -0.1) is 0 Å². The lowest BCUT2D eigenvalue weighted by Gasteiger charge is -2.49. The van der Waals surface area contributed by atoms with Crippen LogP contribution >= 0.6 is 0 Å². The van der Waals surface area contributed by atoms with Crippen molar-refractivity contribution in [2.45, 2.75) is 24.7 Å². The fourth-order valence-electron chi connectivity index (χ4n) is 3.82. The van der Waals surface area contributed by atoms with E-state index in [0.717, 1.165) is 23.3 Å². The lowest BCUT2D eigenvalue weighted by molar-refractivity contribution is 0.0638. The number of nitriles is 1. The molecule has 6 nitrogen and oxygen atoms in total. The molecular formula is C22H21B2N5O. The number of pyridine rings is 1. The highest BCUT2D eigenvalue weighted by molar-refractivity contribution is 6.39.